The molecule has 0 spiro atoms. The van der Waals surface area contributed by atoms with E-state index >= 15 is 0 Å². The van der Waals surface area contributed by atoms with E-state index in [2.05, 4.69) is 4.98 Å². The molecule has 1 aromatic heterocycles. The molecule has 0 aliphatic carbocycles. The lowest BCUT2D eigenvalue weighted by Gasteiger charge is -2.16. The summed E-state index contributed by atoms with van der Waals surface area (Å²) >= 11 is 0. The number of Topliss-reactive ketones (excluding diaryl/α,β-unsaturated/α-hetero) is 1. The second-order valence-corrected chi connectivity index (χ2v) is 8.60. The first kappa shape index (κ1) is 18.3. The number of anilines is 1. The Kier molecular flexibility index (Phi) is 4.26. The monoisotopic (exact) mass is 401 g/mol. The summed E-state index contributed by atoms with van der Waals surface area (Å²) in [5.41, 5.74) is 1.57. The number of ketones is 1. The van der Waals surface area contributed by atoms with E-state index in [1.807, 2.05) is 0 Å². The number of nitrogens with zero attached hydrogens (tertiary/aromatic N) is 3. The minimum Gasteiger partial charge on any atom is -0.292 e. The normalized spacial score (nSPS) is 13.7. The van der Waals surface area contributed by atoms with Crippen molar-refractivity contribution < 1.29 is 17.6 Å². The van der Waals surface area contributed by atoms with E-state index in [1.54, 1.807) is 18.2 Å². The number of halogens is 1. The number of hydrogen-bond donors (Lipinski definition) is 0. The maximum absolute atomic E-state index is 13.4. The fourth-order valence-corrected chi connectivity index (χ4v) is 4.34. The second-order valence-electron chi connectivity index (χ2n) is 6.69. The molecule has 9 heteroatoms. The van der Waals surface area contributed by atoms with Crippen molar-refractivity contribution in [1.29, 1.82) is 0 Å². The van der Waals surface area contributed by atoms with E-state index in [0.717, 1.165) is 22.5 Å². The van der Waals surface area contributed by atoms with Crippen LogP contribution in [0.4, 0.5) is 10.1 Å². The van der Waals surface area contributed by atoms with E-state index in [-0.39, 0.29) is 17.7 Å². The van der Waals surface area contributed by atoms with Crippen molar-refractivity contribution in [2.75, 3.05) is 17.1 Å². The minimum absolute atomic E-state index is 0.105. The zero-order valence-electron chi connectivity index (χ0n) is 14.9. The third-order valence-electron chi connectivity index (χ3n) is 4.75. The fraction of sp³-hybridized carbons (Fsp3) is 0.211. The van der Waals surface area contributed by atoms with Crippen LogP contribution in [0.3, 0.4) is 0 Å². The number of benzene rings is 2. The molecule has 4 rings (SSSR count). The fourth-order valence-electron chi connectivity index (χ4n) is 3.38. The van der Waals surface area contributed by atoms with Crippen molar-refractivity contribution in [3.63, 3.8) is 0 Å². The summed E-state index contributed by atoms with van der Waals surface area (Å²) in [6.45, 7) is 0.0955. The first-order valence-corrected chi connectivity index (χ1v) is 10.4. The summed E-state index contributed by atoms with van der Waals surface area (Å²) in [5.74, 6) is -0.871. The predicted molar refractivity (Wildman–Crippen MR) is 103 cm³/mol. The predicted octanol–water partition coefficient (Wildman–Crippen LogP) is 1.74. The van der Waals surface area contributed by atoms with Gasteiger partial charge in [-0.25, -0.2) is 17.8 Å². The van der Waals surface area contributed by atoms with Gasteiger partial charge in [0.15, 0.2) is 5.78 Å². The molecule has 7 nitrogen and oxygen atoms in total. The molecule has 0 radical (unpaired) electrons. The van der Waals surface area contributed by atoms with Gasteiger partial charge in [-0.15, -0.1) is 0 Å². The van der Waals surface area contributed by atoms with Gasteiger partial charge in [0.25, 0.3) is 5.56 Å². The van der Waals surface area contributed by atoms with Crippen molar-refractivity contribution in [1.82, 2.24) is 9.55 Å². The third-order valence-corrected chi connectivity index (χ3v) is 5.93. The molecule has 0 unspecified atom stereocenters. The average Bonchev–Trinajstić information content (AvgIpc) is 3.08. The lowest BCUT2D eigenvalue weighted by molar-refractivity contribution is 0.0970. The number of sulfonamides is 1. The van der Waals surface area contributed by atoms with E-state index in [1.165, 1.54) is 22.8 Å². The van der Waals surface area contributed by atoms with Crippen LogP contribution in [0.1, 0.15) is 15.9 Å². The van der Waals surface area contributed by atoms with Gasteiger partial charge >= 0.3 is 0 Å². The first-order chi connectivity index (χ1) is 13.2. The maximum Gasteiger partial charge on any atom is 0.261 e. The Bertz CT molecular complexity index is 1280. The molecule has 0 bridgehead atoms. The molecule has 144 valence electrons. The highest BCUT2D eigenvalue weighted by Crippen LogP contribution is 2.30. The molecule has 2 aromatic carbocycles. The van der Waals surface area contributed by atoms with Gasteiger partial charge in [0.05, 0.1) is 35.7 Å². The Balaban J connectivity index is 1.64. The molecule has 0 atom stereocenters. The molecule has 0 N–H and O–H groups in total. The van der Waals surface area contributed by atoms with Gasteiger partial charge in [-0.3, -0.25) is 18.5 Å². The Morgan fingerprint density at radius 3 is 2.75 bits per heavy atom. The number of carbonyl (C=O) groups excluding carboxylic acids is 1. The molecule has 0 amide bonds. The maximum atomic E-state index is 13.4. The summed E-state index contributed by atoms with van der Waals surface area (Å²) in [5, 5.41) is 0.105. The molecule has 1 aliphatic heterocycles. The van der Waals surface area contributed by atoms with Crippen molar-refractivity contribution in [3.8, 4) is 0 Å². The van der Waals surface area contributed by atoms with Crippen molar-refractivity contribution >= 4 is 32.4 Å². The molecule has 2 heterocycles. The van der Waals surface area contributed by atoms with Gasteiger partial charge in [0.1, 0.15) is 5.82 Å². The highest BCUT2D eigenvalue weighted by atomic mass is 32.2. The van der Waals surface area contributed by atoms with Gasteiger partial charge in [0, 0.05) is 12.1 Å². The van der Waals surface area contributed by atoms with E-state index in [9.17, 15) is 22.4 Å². The lowest BCUT2D eigenvalue weighted by atomic mass is 10.1. The van der Waals surface area contributed by atoms with Crippen LogP contribution in [-0.4, -0.2) is 36.6 Å². The van der Waals surface area contributed by atoms with Gasteiger partial charge in [0.2, 0.25) is 10.0 Å². The highest BCUT2D eigenvalue weighted by Gasteiger charge is 2.26. The molecule has 1 aliphatic rings. The molecule has 0 saturated carbocycles. The van der Waals surface area contributed by atoms with Crippen molar-refractivity contribution in [3.05, 3.63) is 70.0 Å². The quantitative estimate of drug-likeness (QED) is 0.622. The summed E-state index contributed by atoms with van der Waals surface area (Å²) in [6, 6.07) is 8.53. The van der Waals surface area contributed by atoms with Crippen LogP contribution in [0.5, 0.6) is 0 Å². The lowest BCUT2D eigenvalue weighted by Crippen LogP contribution is -2.27. The number of aromatic nitrogens is 2. The van der Waals surface area contributed by atoms with E-state index < -0.39 is 21.4 Å². The Labute approximate surface area is 160 Å². The average molecular weight is 401 g/mol. The smallest absolute Gasteiger partial charge is 0.261 e. The molecule has 3 aromatic rings. The second kappa shape index (κ2) is 6.52. The van der Waals surface area contributed by atoms with Crippen molar-refractivity contribution in [2.45, 2.75) is 13.0 Å². The number of hydrogen-bond acceptors (Lipinski definition) is 5. The summed E-state index contributed by atoms with van der Waals surface area (Å²) in [6.07, 6.45) is 2.92. The Hall–Kier alpha value is -3.07. The summed E-state index contributed by atoms with van der Waals surface area (Å²) in [4.78, 5) is 29.3. The van der Waals surface area contributed by atoms with E-state index in [0.29, 0.717) is 29.7 Å². The standard InChI is InChI=1S/C19H16FN3O4S/c1-28(26,27)23-7-6-12-8-13(2-5-17(12)23)18(24)10-22-11-21-16-4-3-14(20)9-15(16)19(22)25/h2-5,8-9,11H,6-7,10H2,1H3. The number of carbonyl (C=O) groups is 1. The van der Waals surface area contributed by atoms with Gasteiger partial charge < -0.3 is 0 Å². The minimum atomic E-state index is -3.36. The third kappa shape index (κ3) is 3.18. The molecule has 0 saturated heterocycles. The summed E-state index contributed by atoms with van der Waals surface area (Å²) < 4.78 is 39.5. The molecular formula is C19H16FN3O4S. The SMILES string of the molecule is CS(=O)(=O)N1CCc2cc(C(=O)Cn3cnc4ccc(F)cc4c3=O)ccc21. The summed E-state index contributed by atoms with van der Waals surface area (Å²) in [7, 11) is -3.36. The van der Waals surface area contributed by atoms with Gasteiger partial charge in [-0.2, -0.15) is 0 Å². The Morgan fingerprint density at radius 1 is 1.21 bits per heavy atom. The first-order valence-electron chi connectivity index (χ1n) is 8.52. The van der Waals surface area contributed by atoms with Crippen molar-refractivity contribution in [2.24, 2.45) is 0 Å². The van der Waals surface area contributed by atoms with E-state index in [4.69, 9.17) is 0 Å². The van der Waals surface area contributed by atoms with Gasteiger partial charge in [-0.1, -0.05) is 0 Å². The van der Waals surface area contributed by atoms with Crippen LogP contribution >= 0.6 is 0 Å². The largest absolute Gasteiger partial charge is 0.292 e. The topological polar surface area (TPSA) is 89.3 Å². The van der Waals surface area contributed by atoms with Gasteiger partial charge in [-0.05, 0) is 48.4 Å². The van der Waals surface area contributed by atoms with Crippen LogP contribution in [0, 0.1) is 5.82 Å². The van der Waals surface area contributed by atoms with Crippen LogP contribution in [0.2, 0.25) is 0 Å². The molecule has 28 heavy (non-hydrogen) atoms. The highest BCUT2D eigenvalue weighted by molar-refractivity contribution is 7.92. The molecular weight excluding hydrogens is 385 g/mol. The van der Waals surface area contributed by atoms with Crippen LogP contribution < -0.4 is 9.86 Å². The molecule has 0 fully saturated rings. The zero-order chi connectivity index (χ0) is 20.1. The van der Waals surface area contributed by atoms with Crippen LogP contribution in [0.15, 0.2) is 47.5 Å². The van der Waals surface area contributed by atoms with Crippen LogP contribution in [-0.2, 0) is 23.0 Å². The number of rotatable bonds is 4. The Morgan fingerprint density at radius 2 is 2.00 bits per heavy atom. The number of fused-ring (bicyclic) bond motifs is 2. The zero-order valence-corrected chi connectivity index (χ0v) is 15.7. The van der Waals surface area contributed by atoms with Crippen LogP contribution in [0.25, 0.3) is 10.9 Å².